The van der Waals surface area contributed by atoms with Gasteiger partial charge in [0.25, 0.3) is 0 Å². The lowest BCUT2D eigenvalue weighted by atomic mass is 9.96. The van der Waals surface area contributed by atoms with Crippen LogP contribution in [-0.4, -0.2) is 53.3 Å². The molecule has 1 aliphatic rings. The van der Waals surface area contributed by atoms with Gasteiger partial charge in [-0.2, -0.15) is 13.2 Å². The SMILES string of the molecule is C[C@H](C(=O)N1[C@@H](C)CCC[C@@H]1C)N(C)CC(=O)Nc1ccccc1C(F)(F)F. The van der Waals surface area contributed by atoms with Crippen LogP contribution in [0.25, 0.3) is 0 Å². The molecule has 8 heteroatoms. The molecule has 1 aromatic carbocycles. The van der Waals surface area contributed by atoms with E-state index in [9.17, 15) is 22.8 Å². The van der Waals surface area contributed by atoms with Gasteiger partial charge in [0.15, 0.2) is 0 Å². The van der Waals surface area contributed by atoms with E-state index in [0.29, 0.717) is 0 Å². The van der Waals surface area contributed by atoms with Crippen LogP contribution in [-0.2, 0) is 15.8 Å². The summed E-state index contributed by atoms with van der Waals surface area (Å²) in [6, 6.07) is 4.56. The third-order valence-corrected chi connectivity index (χ3v) is 5.37. The lowest BCUT2D eigenvalue weighted by Gasteiger charge is -2.41. The van der Waals surface area contributed by atoms with Crippen LogP contribution in [0.4, 0.5) is 18.9 Å². The molecular weight excluding hydrogens is 371 g/mol. The lowest BCUT2D eigenvalue weighted by molar-refractivity contribution is -0.142. The highest BCUT2D eigenvalue weighted by molar-refractivity contribution is 5.93. The topological polar surface area (TPSA) is 52.7 Å². The van der Waals surface area contributed by atoms with E-state index in [-0.39, 0.29) is 30.2 Å². The summed E-state index contributed by atoms with van der Waals surface area (Å²) in [6.07, 6.45) is -1.58. The van der Waals surface area contributed by atoms with Gasteiger partial charge in [0.1, 0.15) is 0 Å². The van der Waals surface area contributed by atoms with Crippen molar-refractivity contribution >= 4 is 17.5 Å². The zero-order valence-corrected chi connectivity index (χ0v) is 16.7. The van der Waals surface area contributed by atoms with E-state index >= 15 is 0 Å². The average molecular weight is 399 g/mol. The van der Waals surface area contributed by atoms with Crippen LogP contribution in [0.3, 0.4) is 0 Å². The molecule has 1 saturated heterocycles. The summed E-state index contributed by atoms with van der Waals surface area (Å²) in [6.45, 7) is 5.56. The molecule has 156 valence electrons. The van der Waals surface area contributed by atoms with Gasteiger partial charge < -0.3 is 10.2 Å². The Bertz CT molecular complexity index is 698. The van der Waals surface area contributed by atoms with E-state index in [0.717, 1.165) is 25.3 Å². The Balaban J connectivity index is 2.01. The predicted octanol–water partition coefficient (Wildman–Crippen LogP) is 3.75. The first-order chi connectivity index (χ1) is 13.0. The summed E-state index contributed by atoms with van der Waals surface area (Å²) >= 11 is 0. The van der Waals surface area contributed by atoms with E-state index in [1.807, 2.05) is 18.7 Å². The number of para-hydroxylation sites is 1. The molecule has 1 aromatic rings. The minimum Gasteiger partial charge on any atom is -0.336 e. The average Bonchev–Trinajstić information content (AvgIpc) is 2.60. The third kappa shape index (κ3) is 5.25. The summed E-state index contributed by atoms with van der Waals surface area (Å²) in [7, 11) is 1.62. The van der Waals surface area contributed by atoms with Crippen molar-refractivity contribution in [1.82, 2.24) is 9.80 Å². The first kappa shape index (κ1) is 22.2. The Labute approximate surface area is 163 Å². The number of alkyl halides is 3. The first-order valence-corrected chi connectivity index (χ1v) is 9.50. The number of hydrogen-bond donors (Lipinski definition) is 1. The molecule has 1 aliphatic heterocycles. The van der Waals surface area contributed by atoms with Gasteiger partial charge in [-0.3, -0.25) is 14.5 Å². The minimum atomic E-state index is -4.56. The maximum absolute atomic E-state index is 13.1. The molecule has 0 bridgehead atoms. The summed E-state index contributed by atoms with van der Waals surface area (Å²) in [4.78, 5) is 28.6. The molecule has 0 spiro atoms. The molecule has 0 aromatic heterocycles. The number of piperidine rings is 1. The highest BCUT2D eigenvalue weighted by Gasteiger charge is 2.35. The van der Waals surface area contributed by atoms with Gasteiger partial charge in [-0.25, -0.2) is 0 Å². The van der Waals surface area contributed by atoms with E-state index in [2.05, 4.69) is 5.32 Å². The van der Waals surface area contributed by atoms with Crippen LogP contribution in [0.1, 0.15) is 45.6 Å². The highest BCUT2D eigenvalue weighted by Crippen LogP contribution is 2.34. The monoisotopic (exact) mass is 399 g/mol. The Morgan fingerprint density at radius 2 is 1.79 bits per heavy atom. The summed E-state index contributed by atoms with van der Waals surface area (Å²) < 4.78 is 39.2. The quantitative estimate of drug-likeness (QED) is 0.820. The Morgan fingerprint density at radius 3 is 2.36 bits per heavy atom. The van der Waals surface area contributed by atoms with E-state index in [1.165, 1.54) is 18.2 Å². The highest BCUT2D eigenvalue weighted by atomic mass is 19.4. The number of nitrogens with zero attached hydrogens (tertiary/aromatic N) is 2. The number of nitrogens with one attached hydrogen (secondary N) is 1. The van der Waals surface area contributed by atoms with Gasteiger partial charge in [-0.1, -0.05) is 12.1 Å². The molecule has 28 heavy (non-hydrogen) atoms. The number of amides is 2. The van der Waals surface area contributed by atoms with Crippen LogP contribution in [0.2, 0.25) is 0 Å². The zero-order chi connectivity index (χ0) is 21.1. The molecule has 0 unspecified atom stereocenters. The molecule has 1 fully saturated rings. The fourth-order valence-corrected chi connectivity index (χ4v) is 3.65. The second-order valence-corrected chi connectivity index (χ2v) is 7.56. The van der Waals surface area contributed by atoms with Gasteiger partial charge >= 0.3 is 6.18 Å². The second-order valence-electron chi connectivity index (χ2n) is 7.56. The molecule has 2 rings (SSSR count). The number of hydrogen-bond acceptors (Lipinski definition) is 3. The number of likely N-dealkylation sites (N-methyl/N-ethyl adjacent to an activating group) is 1. The normalized spacial score (nSPS) is 21.5. The van der Waals surface area contributed by atoms with Gasteiger partial charge in [-0.05, 0) is 59.2 Å². The minimum absolute atomic E-state index is 0.0642. The molecule has 2 amide bonds. The molecule has 0 saturated carbocycles. The van der Waals surface area contributed by atoms with E-state index < -0.39 is 23.7 Å². The number of halogens is 3. The van der Waals surface area contributed by atoms with Crippen LogP contribution < -0.4 is 5.32 Å². The summed E-state index contributed by atoms with van der Waals surface area (Å²) in [5.41, 5.74) is -1.18. The van der Waals surface area contributed by atoms with Gasteiger partial charge in [0.2, 0.25) is 11.8 Å². The predicted molar refractivity (Wildman–Crippen MR) is 102 cm³/mol. The molecule has 0 radical (unpaired) electrons. The Hall–Kier alpha value is -2.09. The number of carbonyl (C=O) groups is 2. The second kappa shape index (κ2) is 8.94. The van der Waals surface area contributed by atoms with Crippen LogP contribution in [0.15, 0.2) is 24.3 Å². The number of carbonyl (C=O) groups excluding carboxylic acids is 2. The molecule has 0 aliphatic carbocycles. The fraction of sp³-hybridized carbons (Fsp3) is 0.600. The molecule has 1 N–H and O–H groups in total. The van der Waals surface area contributed by atoms with E-state index in [1.54, 1.807) is 18.9 Å². The van der Waals surface area contributed by atoms with Crippen molar-refractivity contribution in [1.29, 1.82) is 0 Å². The standard InChI is InChI=1S/C20H28F3N3O2/c1-13-8-7-9-14(2)26(13)19(28)15(3)25(4)12-18(27)24-17-11-6-5-10-16(17)20(21,22)23/h5-6,10-11,13-15H,7-9,12H2,1-4H3,(H,24,27)/t13-,14-,15+/m0/s1. The van der Waals surface area contributed by atoms with Gasteiger partial charge in [0, 0.05) is 12.1 Å². The van der Waals surface area contributed by atoms with Crippen molar-refractivity contribution in [2.75, 3.05) is 18.9 Å². The summed E-state index contributed by atoms with van der Waals surface area (Å²) in [5, 5.41) is 2.31. The van der Waals surface area contributed by atoms with Crippen LogP contribution >= 0.6 is 0 Å². The molecule has 5 nitrogen and oxygen atoms in total. The smallest absolute Gasteiger partial charge is 0.336 e. The van der Waals surface area contributed by atoms with Crippen LogP contribution in [0, 0.1) is 0 Å². The first-order valence-electron chi connectivity index (χ1n) is 9.50. The maximum atomic E-state index is 13.1. The number of likely N-dealkylation sites (tertiary alicyclic amines) is 1. The van der Waals surface area contributed by atoms with Crippen molar-refractivity contribution in [3.63, 3.8) is 0 Å². The zero-order valence-electron chi connectivity index (χ0n) is 16.7. The van der Waals surface area contributed by atoms with Crippen molar-refractivity contribution in [3.8, 4) is 0 Å². The largest absolute Gasteiger partial charge is 0.418 e. The number of rotatable bonds is 5. The van der Waals surface area contributed by atoms with Crippen molar-refractivity contribution < 1.29 is 22.8 Å². The molecule has 1 heterocycles. The number of anilines is 1. The van der Waals surface area contributed by atoms with E-state index in [4.69, 9.17) is 0 Å². The number of benzene rings is 1. The fourth-order valence-electron chi connectivity index (χ4n) is 3.65. The third-order valence-electron chi connectivity index (χ3n) is 5.37. The molecular formula is C20H28F3N3O2. The van der Waals surface area contributed by atoms with Crippen molar-refractivity contribution in [3.05, 3.63) is 29.8 Å². The van der Waals surface area contributed by atoms with Gasteiger partial charge in [0.05, 0.1) is 23.8 Å². The Kier molecular flexibility index (Phi) is 7.09. The lowest BCUT2D eigenvalue weighted by Crippen LogP contribution is -2.54. The van der Waals surface area contributed by atoms with Gasteiger partial charge in [-0.15, -0.1) is 0 Å². The van der Waals surface area contributed by atoms with Crippen molar-refractivity contribution in [2.45, 2.75) is 64.3 Å². The van der Waals surface area contributed by atoms with Crippen LogP contribution in [0.5, 0.6) is 0 Å². The molecule has 3 atom stereocenters. The summed E-state index contributed by atoms with van der Waals surface area (Å²) in [5.74, 6) is -0.663. The van der Waals surface area contributed by atoms with Crippen molar-refractivity contribution in [2.24, 2.45) is 0 Å². The Morgan fingerprint density at radius 1 is 1.21 bits per heavy atom. The maximum Gasteiger partial charge on any atom is 0.418 e.